The first-order valence-corrected chi connectivity index (χ1v) is 6.28. The van der Waals surface area contributed by atoms with E-state index in [9.17, 15) is 0 Å². The minimum Gasteiger partial charge on any atom is -0.490 e. The van der Waals surface area contributed by atoms with Crippen molar-refractivity contribution < 1.29 is 14.8 Å². The molecule has 3 heteroatoms. The predicted octanol–water partition coefficient (Wildman–Crippen LogP) is 0.597. The zero-order chi connectivity index (χ0) is 11.5. The minimum atomic E-state index is 0.231. The summed E-state index contributed by atoms with van der Waals surface area (Å²) in [6, 6.07) is 6.24. The summed E-state index contributed by atoms with van der Waals surface area (Å²) in [7, 11) is 0. The van der Waals surface area contributed by atoms with E-state index in [1.165, 1.54) is 11.1 Å². The number of nitrogens with two attached hydrogens (primary N) is 1. The molecule has 1 heterocycles. The molecule has 1 atom stereocenters. The van der Waals surface area contributed by atoms with Crippen molar-refractivity contribution in [3.63, 3.8) is 0 Å². The number of hydrogen-bond acceptors (Lipinski definition) is 2. The van der Waals surface area contributed by atoms with Gasteiger partial charge in [-0.2, -0.15) is 0 Å². The molecule has 2 aliphatic rings. The van der Waals surface area contributed by atoms with Crippen molar-refractivity contribution in [1.82, 2.24) is 0 Å². The van der Waals surface area contributed by atoms with Crippen molar-refractivity contribution in [3.8, 4) is 5.75 Å². The third-order valence-electron chi connectivity index (χ3n) is 3.32. The lowest BCUT2D eigenvalue weighted by molar-refractivity contribution is -0.677. The predicted molar refractivity (Wildman–Crippen MR) is 66.1 cm³/mol. The second kappa shape index (κ2) is 4.90. The molecule has 3 rings (SSSR count). The molecule has 1 aromatic rings. The van der Waals surface area contributed by atoms with E-state index >= 15 is 0 Å². The Kier molecular flexibility index (Phi) is 3.12. The smallest absolute Gasteiger partial charge is 0.140 e. The molecular weight excluding hydrogens is 214 g/mol. The van der Waals surface area contributed by atoms with E-state index in [0.29, 0.717) is 6.61 Å². The van der Waals surface area contributed by atoms with Gasteiger partial charge in [0.2, 0.25) is 0 Å². The summed E-state index contributed by atoms with van der Waals surface area (Å²) in [6.07, 6.45) is 5.56. The Balaban J connectivity index is 1.64. The lowest BCUT2D eigenvalue weighted by Crippen LogP contribution is -2.89. The number of hydrogen-bond donors (Lipinski definition) is 1. The van der Waals surface area contributed by atoms with Crippen LogP contribution < -0.4 is 10.1 Å². The maximum atomic E-state index is 5.90. The van der Waals surface area contributed by atoms with Crippen LogP contribution in [0.25, 0.3) is 6.08 Å². The van der Waals surface area contributed by atoms with Crippen LogP contribution in [0, 0.1) is 0 Å². The molecule has 0 aromatic heterocycles. The van der Waals surface area contributed by atoms with Crippen LogP contribution in [-0.4, -0.2) is 32.4 Å². The number of benzene rings is 1. The van der Waals surface area contributed by atoms with E-state index in [0.717, 1.165) is 31.9 Å². The fraction of sp³-hybridized carbons (Fsp3) is 0.429. The van der Waals surface area contributed by atoms with Crippen molar-refractivity contribution in [1.29, 1.82) is 0 Å². The Morgan fingerprint density at radius 2 is 2.41 bits per heavy atom. The SMILES string of the molecule is C1=Cc2cccc(OC[C@H]3C[NH2+]CCO3)c2C1. The molecule has 0 spiro atoms. The highest BCUT2D eigenvalue weighted by Crippen LogP contribution is 2.28. The molecule has 90 valence electrons. The molecule has 0 unspecified atom stereocenters. The number of fused-ring (bicyclic) bond motifs is 1. The van der Waals surface area contributed by atoms with Crippen LogP contribution in [0.2, 0.25) is 0 Å². The van der Waals surface area contributed by atoms with E-state index in [1.807, 2.05) is 0 Å². The van der Waals surface area contributed by atoms with Crippen molar-refractivity contribution >= 4 is 6.08 Å². The van der Waals surface area contributed by atoms with E-state index in [1.54, 1.807) is 0 Å². The van der Waals surface area contributed by atoms with Gasteiger partial charge in [0.15, 0.2) is 0 Å². The van der Waals surface area contributed by atoms with Gasteiger partial charge in [-0.1, -0.05) is 24.3 Å². The number of ether oxygens (including phenoxy) is 2. The van der Waals surface area contributed by atoms with Gasteiger partial charge in [0.25, 0.3) is 0 Å². The maximum absolute atomic E-state index is 5.90. The summed E-state index contributed by atoms with van der Waals surface area (Å²) in [5, 5.41) is 2.29. The first-order valence-electron chi connectivity index (χ1n) is 6.28. The van der Waals surface area contributed by atoms with Crippen LogP contribution in [0.1, 0.15) is 11.1 Å². The molecule has 1 saturated heterocycles. The van der Waals surface area contributed by atoms with Crippen molar-refractivity contribution in [3.05, 3.63) is 35.4 Å². The van der Waals surface area contributed by atoms with Crippen molar-refractivity contribution in [2.24, 2.45) is 0 Å². The van der Waals surface area contributed by atoms with Crippen LogP contribution in [0.5, 0.6) is 5.75 Å². The second-order valence-corrected chi connectivity index (χ2v) is 4.55. The fourth-order valence-electron chi connectivity index (χ4n) is 2.38. The molecule has 3 nitrogen and oxygen atoms in total. The van der Waals surface area contributed by atoms with Gasteiger partial charge in [0, 0.05) is 5.56 Å². The van der Waals surface area contributed by atoms with Gasteiger partial charge in [-0.25, -0.2) is 0 Å². The number of morpholine rings is 1. The highest BCUT2D eigenvalue weighted by atomic mass is 16.5. The lowest BCUT2D eigenvalue weighted by atomic mass is 10.1. The molecule has 0 amide bonds. The minimum absolute atomic E-state index is 0.231. The van der Waals surface area contributed by atoms with Crippen molar-refractivity contribution in [2.45, 2.75) is 12.5 Å². The maximum Gasteiger partial charge on any atom is 0.140 e. The Morgan fingerprint density at radius 1 is 1.41 bits per heavy atom. The molecule has 1 aromatic carbocycles. The number of allylic oxidation sites excluding steroid dienone is 1. The second-order valence-electron chi connectivity index (χ2n) is 4.55. The molecule has 0 saturated carbocycles. The first-order chi connectivity index (χ1) is 8.43. The first kappa shape index (κ1) is 10.8. The van der Waals surface area contributed by atoms with E-state index in [2.05, 4.69) is 35.7 Å². The Hall–Kier alpha value is -1.32. The van der Waals surface area contributed by atoms with Crippen molar-refractivity contribution in [2.75, 3.05) is 26.3 Å². The Labute approximate surface area is 101 Å². The molecule has 1 aliphatic carbocycles. The standard InChI is InChI=1S/C14H17NO2/c1-3-11-4-2-6-14(13(11)5-1)17-10-12-9-15-7-8-16-12/h1-4,6,12,15H,5,7-10H2/p+1/t12-/m1/s1. The summed E-state index contributed by atoms with van der Waals surface area (Å²) < 4.78 is 11.6. The normalized spacial score (nSPS) is 22.5. The van der Waals surface area contributed by atoms with E-state index in [-0.39, 0.29) is 6.10 Å². The Morgan fingerprint density at radius 3 is 3.29 bits per heavy atom. The Bertz CT molecular complexity index is 422. The molecular formula is C14H18NO2+. The highest BCUT2D eigenvalue weighted by molar-refractivity contribution is 5.63. The molecule has 1 fully saturated rings. The third-order valence-corrected chi connectivity index (χ3v) is 3.32. The summed E-state index contributed by atoms with van der Waals surface area (Å²) in [5.41, 5.74) is 2.60. The average molecular weight is 232 g/mol. The van der Waals surface area contributed by atoms with E-state index in [4.69, 9.17) is 9.47 Å². The van der Waals surface area contributed by atoms with Gasteiger partial charge in [0.1, 0.15) is 25.0 Å². The fourth-order valence-corrected chi connectivity index (χ4v) is 2.38. The van der Waals surface area contributed by atoms with Gasteiger partial charge >= 0.3 is 0 Å². The van der Waals surface area contributed by atoms with Crippen LogP contribution in [0.15, 0.2) is 24.3 Å². The van der Waals surface area contributed by atoms with Crippen LogP contribution in [-0.2, 0) is 11.2 Å². The lowest BCUT2D eigenvalue weighted by Gasteiger charge is -2.21. The van der Waals surface area contributed by atoms with Gasteiger partial charge < -0.3 is 14.8 Å². The largest absolute Gasteiger partial charge is 0.490 e. The quantitative estimate of drug-likeness (QED) is 0.828. The summed E-state index contributed by atoms with van der Waals surface area (Å²) in [6.45, 7) is 3.57. The summed E-state index contributed by atoms with van der Waals surface area (Å²) in [4.78, 5) is 0. The van der Waals surface area contributed by atoms with Crippen LogP contribution >= 0.6 is 0 Å². The van der Waals surface area contributed by atoms with Gasteiger partial charge in [-0.15, -0.1) is 0 Å². The van der Waals surface area contributed by atoms with Crippen LogP contribution in [0.4, 0.5) is 0 Å². The summed E-state index contributed by atoms with van der Waals surface area (Å²) in [5.74, 6) is 1.02. The van der Waals surface area contributed by atoms with Gasteiger partial charge in [-0.05, 0) is 18.1 Å². The topological polar surface area (TPSA) is 35.1 Å². The van der Waals surface area contributed by atoms with Gasteiger partial charge in [0.05, 0.1) is 13.2 Å². The van der Waals surface area contributed by atoms with Crippen LogP contribution in [0.3, 0.4) is 0 Å². The van der Waals surface area contributed by atoms with E-state index < -0.39 is 0 Å². The van der Waals surface area contributed by atoms with Gasteiger partial charge in [-0.3, -0.25) is 0 Å². The zero-order valence-corrected chi connectivity index (χ0v) is 9.89. The molecule has 0 bridgehead atoms. The average Bonchev–Trinajstić information content (AvgIpc) is 2.86. The number of quaternary nitrogens is 1. The molecule has 17 heavy (non-hydrogen) atoms. The monoisotopic (exact) mass is 232 g/mol. The molecule has 0 radical (unpaired) electrons. The highest BCUT2D eigenvalue weighted by Gasteiger charge is 2.18. The zero-order valence-electron chi connectivity index (χ0n) is 9.89. The number of rotatable bonds is 3. The summed E-state index contributed by atoms with van der Waals surface area (Å²) >= 11 is 0. The third kappa shape index (κ3) is 2.35. The molecule has 1 aliphatic heterocycles. The molecule has 2 N–H and O–H groups in total.